The summed E-state index contributed by atoms with van der Waals surface area (Å²) in [6.07, 6.45) is 2.73. The predicted octanol–water partition coefficient (Wildman–Crippen LogP) is 3.54. The number of carbonyl (C=O) groups is 1. The van der Waals surface area contributed by atoms with Gasteiger partial charge in [-0.25, -0.2) is 4.39 Å². The van der Waals surface area contributed by atoms with Crippen LogP contribution < -0.4 is 5.32 Å². The quantitative estimate of drug-likeness (QED) is 0.872. The molecule has 2 aromatic carbocycles. The Hall–Kier alpha value is -2.20. The van der Waals surface area contributed by atoms with E-state index in [-0.39, 0.29) is 17.8 Å². The summed E-state index contributed by atoms with van der Waals surface area (Å²) in [5.74, 6) is -0.214. The van der Waals surface area contributed by atoms with Crippen molar-refractivity contribution in [1.82, 2.24) is 10.2 Å². The fourth-order valence-electron chi connectivity index (χ4n) is 3.33. The zero-order chi connectivity index (χ0) is 17.5. The minimum absolute atomic E-state index is 0.0183. The van der Waals surface area contributed by atoms with Gasteiger partial charge >= 0.3 is 0 Å². The summed E-state index contributed by atoms with van der Waals surface area (Å²) in [5.41, 5.74) is 1.94. The Morgan fingerprint density at radius 3 is 2.44 bits per heavy atom. The van der Waals surface area contributed by atoms with Gasteiger partial charge in [0.15, 0.2) is 0 Å². The normalized spacial score (nSPS) is 15.9. The van der Waals surface area contributed by atoms with Gasteiger partial charge in [0.1, 0.15) is 5.82 Å². The zero-order valence-corrected chi connectivity index (χ0v) is 14.5. The molecule has 0 atom stereocenters. The molecule has 132 valence electrons. The molecule has 0 aliphatic carbocycles. The number of piperidine rings is 1. The average Bonchev–Trinajstić information content (AvgIpc) is 2.64. The molecule has 1 aliphatic heterocycles. The molecule has 2 aromatic rings. The van der Waals surface area contributed by atoms with E-state index in [2.05, 4.69) is 34.5 Å². The van der Waals surface area contributed by atoms with Crippen LogP contribution in [-0.4, -0.2) is 29.9 Å². The van der Waals surface area contributed by atoms with Crippen LogP contribution in [0, 0.1) is 5.82 Å². The van der Waals surface area contributed by atoms with Crippen molar-refractivity contribution in [3.63, 3.8) is 0 Å². The number of aryl methyl sites for hydroxylation is 1. The smallest absolute Gasteiger partial charge is 0.220 e. The molecule has 3 nitrogen and oxygen atoms in total. The third-order valence-electron chi connectivity index (χ3n) is 4.78. The van der Waals surface area contributed by atoms with Crippen LogP contribution in [0.5, 0.6) is 0 Å². The summed E-state index contributed by atoms with van der Waals surface area (Å²) in [4.78, 5) is 14.5. The number of hydrogen-bond acceptors (Lipinski definition) is 2. The van der Waals surface area contributed by atoms with Crippen molar-refractivity contribution in [2.24, 2.45) is 0 Å². The van der Waals surface area contributed by atoms with Crippen LogP contribution in [0.3, 0.4) is 0 Å². The van der Waals surface area contributed by atoms with Crippen molar-refractivity contribution in [3.05, 3.63) is 71.5 Å². The summed E-state index contributed by atoms with van der Waals surface area (Å²) in [6, 6.07) is 17.4. The van der Waals surface area contributed by atoms with Gasteiger partial charge in [-0.05, 0) is 36.5 Å². The number of halogens is 1. The first-order chi connectivity index (χ1) is 12.2. The van der Waals surface area contributed by atoms with Crippen LogP contribution in [-0.2, 0) is 17.8 Å². The van der Waals surface area contributed by atoms with Crippen molar-refractivity contribution in [3.8, 4) is 0 Å². The Kier molecular flexibility index (Phi) is 6.18. The lowest BCUT2D eigenvalue weighted by Gasteiger charge is -2.32. The van der Waals surface area contributed by atoms with Crippen molar-refractivity contribution < 1.29 is 9.18 Å². The van der Waals surface area contributed by atoms with Gasteiger partial charge < -0.3 is 5.32 Å². The van der Waals surface area contributed by atoms with Gasteiger partial charge in [-0.1, -0.05) is 48.5 Å². The molecule has 1 N–H and O–H groups in total. The molecule has 0 aromatic heterocycles. The van der Waals surface area contributed by atoms with E-state index in [0.717, 1.165) is 32.5 Å². The van der Waals surface area contributed by atoms with Gasteiger partial charge in [-0.3, -0.25) is 9.69 Å². The molecule has 0 saturated carbocycles. The molecule has 25 heavy (non-hydrogen) atoms. The Morgan fingerprint density at radius 2 is 1.72 bits per heavy atom. The fourth-order valence-corrected chi connectivity index (χ4v) is 3.33. The molecule has 4 heteroatoms. The summed E-state index contributed by atoms with van der Waals surface area (Å²) in [7, 11) is 0. The van der Waals surface area contributed by atoms with E-state index in [9.17, 15) is 9.18 Å². The van der Waals surface area contributed by atoms with E-state index in [4.69, 9.17) is 0 Å². The van der Waals surface area contributed by atoms with E-state index in [0.29, 0.717) is 18.4 Å². The molecule has 1 amide bonds. The molecule has 1 heterocycles. The maximum Gasteiger partial charge on any atom is 0.220 e. The van der Waals surface area contributed by atoms with Crippen molar-refractivity contribution in [2.75, 3.05) is 13.1 Å². The van der Waals surface area contributed by atoms with Crippen LogP contribution in [0.1, 0.15) is 30.4 Å². The van der Waals surface area contributed by atoms with E-state index >= 15 is 0 Å². The van der Waals surface area contributed by atoms with Crippen molar-refractivity contribution in [1.29, 1.82) is 0 Å². The first-order valence-corrected chi connectivity index (χ1v) is 9.00. The van der Waals surface area contributed by atoms with Gasteiger partial charge in [0.2, 0.25) is 5.91 Å². The number of nitrogens with one attached hydrogen (secondary N) is 1. The number of rotatable bonds is 6. The second kappa shape index (κ2) is 8.77. The van der Waals surface area contributed by atoms with Crippen molar-refractivity contribution in [2.45, 2.75) is 38.3 Å². The summed E-state index contributed by atoms with van der Waals surface area (Å²) < 4.78 is 13.6. The molecular formula is C21H25FN2O. The van der Waals surface area contributed by atoms with Crippen LogP contribution in [0.4, 0.5) is 4.39 Å². The largest absolute Gasteiger partial charge is 0.353 e. The lowest BCUT2D eigenvalue weighted by atomic mass is 10.0. The highest BCUT2D eigenvalue weighted by Crippen LogP contribution is 2.14. The third kappa shape index (κ3) is 5.40. The van der Waals surface area contributed by atoms with Gasteiger partial charge in [-0.2, -0.15) is 0 Å². The first kappa shape index (κ1) is 17.6. The van der Waals surface area contributed by atoms with Crippen LogP contribution in [0.2, 0.25) is 0 Å². The summed E-state index contributed by atoms with van der Waals surface area (Å²) >= 11 is 0. The van der Waals surface area contributed by atoms with Gasteiger partial charge in [0.25, 0.3) is 0 Å². The molecule has 3 rings (SSSR count). The summed E-state index contributed by atoms with van der Waals surface area (Å²) in [6.45, 7) is 2.95. The highest BCUT2D eigenvalue weighted by atomic mass is 19.1. The number of amides is 1. The maximum absolute atomic E-state index is 13.6. The molecule has 0 spiro atoms. The second-order valence-corrected chi connectivity index (χ2v) is 6.69. The predicted molar refractivity (Wildman–Crippen MR) is 97.6 cm³/mol. The Bertz CT molecular complexity index is 681. The number of likely N-dealkylation sites (tertiary alicyclic amines) is 1. The Labute approximate surface area is 148 Å². The number of nitrogens with zero attached hydrogens (tertiary/aromatic N) is 1. The average molecular weight is 340 g/mol. The Morgan fingerprint density at radius 1 is 1.04 bits per heavy atom. The van der Waals surface area contributed by atoms with E-state index in [1.165, 1.54) is 11.6 Å². The van der Waals surface area contributed by atoms with Crippen molar-refractivity contribution >= 4 is 5.91 Å². The highest BCUT2D eigenvalue weighted by Gasteiger charge is 2.20. The van der Waals surface area contributed by atoms with E-state index in [1.54, 1.807) is 18.2 Å². The van der Waals surface area contributed by atoms with E-state index in [1.807, 2.05) is 6.07 Å². The maximum atomic E-state index is 13.6. The molecule has 0 radical (unpaired) electrons. The van der Waals surface area contributed by atoms with E-state index < -0.39 is 0 Å². The second-order valence-electron chi connectivity index (χ2n) is 6.69. The van der Waals surface area contributed by atoms with Crippen LogP contribution in [0.15, 0.2) is 54.6 Å². The molecule has 1 aliphatic rings. The first-order valence-electron chi connectivity index (χ1n) is 9.00. The molecular weight excluding hydrogens is 315 g/mol. The highest BCUT2D eigenvalue weighted by molar-refractivity contribution is 5.76. The monoisotopic (exact) mass is 340 g/mol. The van der Waals surface area contributed by atoms with Gasteiger partial charge in [0, 0.05) is 32.1 Å². The Balaban J connectivity index is 1.38. The summed E-state index contributed by atoms with van der Waals surface area (Å²) in [5, 5.41) is 3.10. The fraction of sp³-hybridized carbons (Fsp3) is 0.381. The standard InChI is InChI=1S/C21H25FN2O/c22-20-9-5-4-8-18(20)10-11-21(25)23-19-12-14-24(15-13-19)16-17-6-2-1-3-7-17/h1-9,19H,10-16H2,(H,23,25). The lowest BCUT2D eigenvalue weighted by Crippen LogP contribution is -2.44. The SMILES string of the molecule is O=C(CCc1ccccc1F)NC1CCN(Cc2ccccc2)CC1. The minimum atomic E-state index is -0.232. The van der Waals surface area contributed by atoms with Gasteiger partial charge in [0.05, 0.1) is 0 Å². The molecule has 1 saturated heterocycles. The van der Waals surface area contributed by atoms with Gasteiger partial charge in [-0.15, -0.1) is 0 Å². The topological polar surface area (TPSA) is 32.3 Å². The van der Waals surface area contributed by atoms with Crippen LogP contribution >= 0.6 is 0 Å². The number of hydrogen-bond donors (Lipinski definition) is 1. The molecule has 1 fully saturated rings. The van der Waals surface area contributed by atoms with Crippen LogP contribution in [0.25, 0.3) is 0 Å². The number of benzene rings is 2. The lowest BCUT2D eigenvalue weighted by molar-refractivity contribution is -0.122. The molecule has 0 bridgehead atoms. The molecule has 0 unspecified atom stereocenters. The number of carbonyl (C=O) groups excluding carboxylic acids is 1. The third-order valence-corrected chi connectivity index (χ3v) is 4.78. The minimum Gasteiger partial charge on any atom is -0.353 e. The zero-order valence-electron chi connectivity index (χ0n) is 14.5.